The van der Waals surface area contributed by atoms with E-state index in [0.717, 1.165) is 44.0 Å². The third-order valence-electron chi connectivity index (χ3n) is 5.84. The van der Waals surface area contributed by atoms with E-state index in [1.54, 1.807) is 0 Å². The van der Waals surface area contributed by atoms with Crippen molar-refractivity contribution in [3.05, 3.63) is 70.0 Å². The Balaban J connectivity index is 0.00000256. The average molecular weight is 437 g/mol. The summed E-state index contributed by atoms with van der Waals surface area (Å²) >= 11 is 0. The highest BCUT2D eigenvalue weighted by atomic mass is 35.5. The summed E-state index contributed by atoms with van der Waals surface area (Å²) in [5.74, 6) is -3.21. The number of aryl methyl sites for hydroxylation is 1. The van der Waals surface area contributed by atoms with Gasteiger partial charge in [-0.25, -0.2) is 13.2 Å². The van der Waals surface area contributed by atoms with Gasteiger partial charge in [-0.15, -0.1) is 12.4 Å². The second-order valence-corrected chi connectivity index (χ2v) is 7.54. The van der Waals surface area contributed by atoms with Crippen molar-refractivity contribution in [2.45, 2.75) is 19.8 Å². The molecule has 2 aromatic rings. The Labute approximate surface area is 180 Å². The standard InChI is InChI=1S/C23H23F3N2O.ClH/c1-2-27-7-9-28(10-8-27)18-5-6-19-15(11-18)3-4-16(23(19)29)12-20-21(25)13-17(24)14-22(20)26;/h5-6,11-14H,2-4,7-10H2,1H3;1H/b16-12+;. The molecule has 1 aliphatic heterocycles. The number of hydrogen-bond acceptors (Lipinski definition) is 3. The van der Waals surface area contributed by atoms with Gasteiger partial charge in [0.1, 0.15) is 17.5 Å². The van der Waals surface area contributed by atoms with E-state index >= 15 is 0 Å². The molecule has 0 atom stereocenters. The highest BCUT2D eigenvalue weighted by Crippen LogP contribution is 2.31. The lowest BCUT2D eigenvalue weighted by Gasteiger charge is -2.36. The number of rotatable bonds is 3. The maximum absolute atomic E-state index is 14.0. The number of carbonyl (C=O) groups excluding carboxylic acids is 1. The second kappa shape index (κ2) is 9.23. The van der Waals surface area contributed by atoms with Crippen molar-refractivity contribution in [2.75, 3.05) is 37.6 Å². The van der Waals surface area contributed by atoms with E-state index in [2.05, 4.69) is 22.8 Å². The molecule has 160 valence electrons. The molecule has 1 fully saturated rings. The third-order valence-corrected chi connectivity index (χ3v) is 5.84. The number of likely N-dealkylation sites (N-methyl/N-ethyl adjacent to an activating group) is 1. The molecule has 2 aromatic carbocycles. The summed E-state index contributed by atoms with van der Waals surface area (Å²) in [6, 6.07) is 7.07. The van der Waals surface area contributed by atoms with Crippen molar-refractivity contribution in [3.8, 4) is 0 Å². The summed E-state index contributed by atoms with van der Waals surface area (Å²) < 4.78 is 41.0. The first-order chi connectivity index (χ1) is 14.0. The molecule has 7 heteroatoms. The Kier molecular flexibility index (Phi) is 6.88. The first kappa shape index (κ1) is 22.4. The van der Waals surface area contributed by atoms with Gasteiger partial charge in [0.05, 0.1) is 0 Å². The van der Waals surface area contributed by atoms with Crippen LogP contribution in [0.5, 0.6) is 0 Å². The number of nitrogens with zero attached hydrogens (tertiary/aromatic N) is 2. The molecule has 0 unspecified atom stereocenters. The van der Waals surface area contributed by atoms with E-state index < -0.39 is 17.5 Å². The van der Waals surface area contributed by atoms with Gasteiger partial charge in [0.15, 0.2) is 5.78 Å². The highest BCUT2D eigenvalue weighted by molar-refractivity contribution is 6.13. The quantitative estimate of drug-likeness (QED) is 0.641. The predicted octanol–water partition coefficient (Wildman–Crippen LogP) is 4.88. The first-order valence-corrected chi connectivity index (χ1v) is 9.96. The summed E-state index contributed by atoms with van der Waals surface area (Å²) in [4.78, 5) is 17.6. The van der Waals surface area contributed by atoms with Crippen LogP contribution in [0.4, 0.5) is 18.9 Å². The minimum atomic E-state index is -1.00. The van der Waals surface area contributed by atoms with Crippen molar-refractivity contribution in [3.63, 3.8) is 0 Å². The van der Waals surface area contributed by atoms with Crippen LogP contribution in [0, 0.1) is 17.5 Å². The normalized spacial score (nSPS) is 18.3. The summed E-state index contributed by atoms with van der Waals surface area (Å²) in [5, 5.41) is 0. The monoisotopic (exact) mass is 436 g/mol. The topological polar surface area (TPSA) is 23.6 Å². The molecule has 0 bridgehead atoms. The Morgan fingerprint density at radius 3 is 2.27 bits per heavy atom. The van der Waals surface area contributed by atoms with Crippen LogP contribution >= 0.6 is 12.4 Å². The van der Waals surface area contributed by atoms with Crippen LogP contribution in [0.25, 0.3) is 6.08 Å². The molecule has 1 saturated heterocycles. The lowest BCUT2D eigenvalue weighted by atomic mass is 9.85. The summed E-state index contributed by atoms with van der Waals surface area (Å²) in [6.07, 6.45) is 2.24. The number of piperazine rings is 1. The van der Waals surface area contributed by atoms with Gasteiger partial charge in [0.2, 0.25) is 0 Å². The predicted molar refractivity (Wildman–Crippen MR) is 115 cm³/mol. The van der Waals surface area contributed by atoms with Crippen LogP contribution in [0.3, 0.4) is 0 Å². The van der Waals surface area contributed by atoms with Crippen LogP contribution in [0.1, 0.15) is 34.8 Å². The number of allylic oxidation sites excluding steroid dienone is 1. The molecule has 0 saturated carbocycles. The van der Waals surface area contributed by atoms with Gasteiger partial charge in [-0.3, -0.25) is 4.79 Å². The van der Waals surface area contributed by atoms with Crippen LogP contribution < -0.4 is 4.90 Å². The molecule has 4 rings (SSSR count). The van der Waals surface area contributed by atoms with Gasteiger partial charge < -0.3 is 9.80 Å². The lowest BCUT2D eigenvalue weighted by molar-refractivity contribution is 0.102. The minimum Gasteiger partial charge on any atom is -0.369 e. The van der Waals surface area contributed by atoms with Crippen LogP contribution in [0.2, 0.25) is 0 Å². The van der Waals surface area contributed by atoms with Gasteiger partial charge in [-0.1, -0.05) is 6.92 Å². The highest BCUT2D eigenvalue weighted by Gasteiger charge is 2.25. The first-order valence-electron chi connectivity index (χ1n) is 9.96. The molecule has 3 nitrogen and oxygen atoms in total. The molecule has 0 spiro atoms. The SMILES string of the molecule is CCN1CCN(c2ccc3c(c2)CC/C(=C\c2c(F)cc(F)cc2F)C3=O)CC1.Cl. The maximum Gasteiger partial charge on any atom is 0.189 e. The fraction of sp³-hybridized carbons (Fsp3) is 0.348. The number of carbonyl (C=O) groups is 1. The summed E-state index contributed by atoms with van der Waals surface area (Å²) in [5.41, 5.74) is 2.61. The Morgan fingerprint density at radius 2 is 1.63 bits per heavy atom. The number of Topliss-reactive ketones (excluding diaryl/α,β-unsaturated/α-hetero) is 1. The summed E-state index contributed by atoms with van der Waals surface area (Å²) in [6.45, 7) is 7.16. The van der Waals surface area contributed by atoms with E-state index in [-0.39, 0.29) is 23.8 Å². The minimum absolute atomic E-state index is 0. The van der Waals surface area contributed by atoms with Crippen LogP contribution in [-0.2, 0) is 6.42 Å². The van der Waals surface area contributed by atoms with Crippen molar-refractivity contribution >= 4 is 30.0 Å². The molecule has 2 aliphatic rings. The molecular weight excluding hydrogens is 413 g/mol. The zero-order chi connectivity index (χ0) is 20.5. The number of anilines is 1. The van der Waals surface area contributed by atoms with E-state index in [0.29, 0.717) is 36.1 Å². The number of halogens is 4. The molecule has 0 aromatic heterocycles. The van der Waals surface area contributed by atoms with E-state index in [1.165, 1.54) is 6.08 Å². The Hall–Kier alpha value is -2.31. The van der Waals surface area contributed by atoms with Gasteiger partial charge in [0, 0.05) is 60.7 Å². The van der Waals surface area contributed by atoms with Gasteiger partial charge in [-0.2, -0.15) is 0 Å². The number of hydrogen-bond donors (Lipinski definition) is 0. The number of ketones is 1. The fourth-order valence-electron chi connectivity index (χ4n) is 4.09. The lowest BCUT2D eigenvalue weighted by Crippen LogP contribution is -2.46. The van der Waals surface area contributed by atoms with Crippen molar-refractivity contribution < 1.29 is 18.0 Å². The van der Waals surface area contributed by atoms with Crippen LogP contribution in [-0.4, -0.2) is 43.4 Å². The molecule has 0 N–H and O–H groups in total. The molecule has 1 aliphatic carbocycles. The van der Waals surface area contributed by atoms with Crippen molar-refractivity contribution in [1.29, 1.82) is 0 Å². The van der Waals surface area contributed by atoms with E-state index in [4.69, 9.17) is 0 Å². The number of fused-ring (bicyclic) bond motifs is 1. The van der Waals surface area contributed by atoms with Gasteiger partial charge in [-0.05, 0) is 49.2 Å². The molecule has 30 heavy (non-hydrogen) atoms. The van der Waals surface area contributed by atoms with Gasteiger partial charge in [0.25, 0.3) is 0 Å². The zero-order valence-electron chi connectivity index (χ0n) is 16.8. The smallest absolute Gasteiger partial charge is 0.189 e. The van der Waals surface area contributed by atoms with Crippen LogP contribution in [0.15, 0.2) is 35.9 Å². The maximum atomic E-state index is 14.0. The summed E-state index contributed by atoms with van der Waals surface area (Å²) in [7, 11) is 0. The van der Waals surface area contributed by atoms with Crippen molar-refractivity contribution in [1.82, 2.24) is 4.90 Å². The largest absolute Gasteiger partial charge is 0.369 e. The van der Waals surface area contributed by atoms with Gasteiger partial charge >= 0.3 is 0 Å². The molecule has 0 radical (unpaired) electrons. The Morgan fingerprint density at radius 1 is 0.967 bits per heavy atom. The second-order valence-electron chi connectivity index (χ2n) is 7.54. The third kappa shape index (κ3) is 4.40. The van der Waals surface area contributed by atoms with Crippen molar-refractivity contribution in [2.24, 2.45) is 0 Å². The Bertz CT molecular complexity index is 961. The molecule has 0 amide bonds. The zero-order valence-corrected chi connectivity index (χ0v) is 17.6. The fourth-order valence-corrected chi connectivity index (χ4v) is 4.09. The average Bonchev–Trinajstić information content (AvgIpc) is 2.72. The molecular formula is C23H24ClF3N2O. The molecule has 1 heterocycles. The van der Waals surface area contributed by atoms with E-state index in [9.17, 15) is 18.0 Å². The van der Waals surface area contributed by atoms with E-state index in [1.807, 2.05) is 12.1 Å². The number of benzene rings is 2.